The van der Waals surface area contributed by atoms with Crippen molar-refractivity contribution >= 4 is 5.95 Å². The first-order valence-electron chi connectivity index (χ1n) is 4.90. The molecule has 0 aliphatic rings. The van der Waals surface area contributed by atoms with Gasteiger partial charge >= 0.3 is 0 Å². The lowest BCUT2D eigenvalue weighted by Gasteiger charge is -2.08. The maximum absolute atomic E-state index is 5.52. The van der Waals surface area contributed by atoms with Crippen LogP contribution in [0.25, 0.3) is 0 Å². The summed E-state index contributed by atoms with van der Waals surface area (Å²) in [6, 6.07) is 0. The van der Waals surface area contributed by atoms with Crippen LogP contribution < -0.4 is 11.1 Å². The minimum absolute atomic E-state index is 0.496. The van der Waals surface area contributed by atoms with Gasteiger partial charge in [0.1, 0.15) is 0 Å². The fourth-order valence-electron chi connectivity index (χ4n) is 1.07. The van der Waals surface area contributed by atoms with Crippen molar-refractivity contribution in [3.05, 3.63) is 17.5 Å². The first-order chi connectivity index (χ1) is 6.63. The van der Waals surface area contributed by atoms with E-state index in [4.69, 9.17) is 5.73 Å². The highest BCUT2D eigenvalue weighted by molar-refractivity contribution is 5.28. The number of hydrogen-bond donors (Lipinski definition) is 2. The van der Waals surface area contributed by atoms with Crippen LogP contribution in [0, 0.1) is 12.8 Å². The standard InChI is InChI=1S/C10H18N4/c1-7(2)5-12-10-13-6-9(4-11)8(3)14-10/h6-7H,4-5,11H2,1-3H3,(H,12,13,14). The van der Waals surface area contributed by atoms with E-state index in [1.807, 2.05) is 6.92 Å². The van der Waals surface area contributed by atoms with Gasteiger partial charge in [-0.15, -0.1) is 0 Å². The van der Waals surface area contributed by atoms with Crippen LogP contribution in [0.4, 0.5) is 5.95 Å². The van der Waals surface area contributed by atoms with Crippen LogP contribution in [0.1, 0.15) is 25.1 Å². The molecule has 0 radical (unpaired) electrons. The highest BCUT2D eigenvalue weighted by atomic mass is 15.1. The topological polar surface area (TPSA) is 63.8 Å². The number of nitrogens with zero attached hydrogens (tertiary/aromatic N) is 2. The summed E-state index contributed by atoms with van der Waals surface area (Å²) in [6.45, 7) is 7.63. The smallest absolute Gasteiger partial charge is 0.222 e. The molecular weight excluding hydrogens is 176 g/mol. The summed E-state index contributed by atoms with van der Waals surface area (Å²) in [5.41, 5.74) is 7.48. The third kappa shape index (κ3) is 2.96. The molecule has 0 fully saturated rings. The first kappa shape index (κ1) is 10.9. The van der Waals surface area contributed by atoms with E-state index in [2.05, 4.69) is 29.1 Å². The molecule has 1 rings (SSSR count). The van der Waals surface area contributed by atoms with Crippen LogP contribution in [0.15, 0.2) is 6.20 Å². The van der Waals surface area contributed by atoms with Crippen molar-refractivity contribution in [3.63, 3.8) is 0 Å². The molecule has 0 aliphatic heterocycles. The highest BCUT2D eigenvalue weighted by Crippen LogP contribution is 2.06. The zero-order valence-corrected chi connectivity index (χ0v) is 9.04. The Hall–Kier alpha value is -1.16. The predicted octanol–water partition coefficient (Wildman–Crippen LogP) is 1.31. The molecular formula is C10H18N4. The van der Waals surface area contributed by atoms with Gasteiger partial charge in [-0.2, -0.15) is 0 Å². The largest absolute Gasteiger partial charge is 0.354 e. The second kappa shape index (κ2) is 4.91. The molecule has 1 heterocycles. The van der Waals surface area contributed by atoms with Gasteiger partial charge in [0.25, 0.3) is 0 Å². The number of aromatic nitrogens is 2. The highest BCUT2D eigenvalue weighted by Gasteiger charge is 2.01. The fraction of sp³-hybridized carbons (Fsp3) is 0.600. The summed E-state index contributed by atoms with van der Waals surface area (Å²) in [5, 5.41) is 3.17. The van der Waals surface area contributed by atoms with Crippen LogP contribution in [-0.2, 0) is 6.54 Å². The molecule has 0 saturated carbocycles. The normalized spacial score (nSPS) is 10.6. The summed E-state index contributed by atoms with van der Waals surface area (Å²) in [6.07, 6.45) is 1.78. The molecule has 0 bridgehead atoms. The van der Waals surface area contributed by atoms with Gasteiger partial charge in [-0.25, -0.2) is 9.97 Å². The molecule has 1 aromatic heterocycles. The minimum atomic E-state index is 0.496. The lowest BCUT2D eigenvalue weighted by atomic mass is 10.2. The van der Waals surface area contributed by atoms with Crippen molar-refractivity contribution in [1.29, 1.82) is 0 Å². The van der Waals surface area contributed by atoms with Gasteiger partial charge in [-0.05, 0) is 12.8 Å². The molecule has 0 saturated heterocycles. The molecule has 1 aromatic rings. The summed E-state index contributed by atoms with van der Waals surface area (Å²) >= 11 is 0. The fourth-order valence-corrected chi connectivity index (χ4v) is 1.07. The second-order valence-corrected chi connectivity index (χ2v) is 3.78. The Balaban J connectivity index is 2.66. The Morgan fingerprint density at radius 3 is 2.71 bits per heavy atom. The predicted molar refractivity (Wildman–Crippen MR) is 58.0 cm³/mol. The summed E-state index contributed by atoms with van der Waals surface area (Å²) in [4.78, 5) is 8.49. The van der Waals surface area contributed by atoms with Crippen molar-refractivity contribution < 1.29 is 0 Å². The SMILES string of the molecule is Cc1nc(NCC(C)C)ncc1CN. The quantitative estimate of drug-likeness (QED) is 0.758. The number of hydrogen-bond acceptors (Lipinski definition) is 4. The van der Waals surface area contributed by atoms with E-state index in [1.165, 1.54) is 0 Å². The van der Waals surface area contributed by atoms with Gasteiger partial charge in [0.15, 0.2) is 0 Å². The maximum atomic E-state index is 5.52. The van der Waals surface area contributed by atoms with Crippen LogP contribution in [0.5, 0.6) is 0 Å². The van der Waals surface area contributed by atoms with E-state index >= 15 is 0 Å². The van der Waals surface area contributed by atoms with E-state index in [9.17, 15) is 0 Å². The number of nitrogens with one attached hydrogen (secondary N) is 1. The van der Waals surface area contributed by atoms with Gasteiger partial charge in [0.2, 0.25) is 5.95 Å². The molecule has 4 heteroatoms. The number of aryl methyl sites for hydroxylation is 1. The van der Waals surface area contributed by atoms with E-state index in [-0.39, 0.29) is 0 Å². The molecule has 14 heavy (non-hydrogen) atoms. The Morgan fingerprint density at radius 2 is 2.21 bits per heavy atom. The van der Waals surface area contributed by atoms with Gasteiger partial charge in [0.05, 0.1) is 0 Å². The van der Waals surface area contributed by atoms with Crippen molar-refractivity contribution in [2.24, 2.45) is 11.7 Å². The first-order valence-corrected chi connectivity index (χ1v) is 4.90. The summed E-state index contributed by atoms with van der Waals surface area (Å²) < 4.78 is 0. The van der Waals surface area contributed by atoms with E-state index in [0.717, 1.165) is 17.8 Å². The maximum Gasteiger partial charge on any atom is 0.222 e. The van der Waals surface area contributed by atoms with Gasteiger partial charge in [-0.1, -0.05) is 13.8 Å². The Bertz CT molecular complexity index is 296. The van der Waals surface area contributed by atoms with Crippen LogP contribution in [0.2, 0.25) is 0 Å². The van der Waals surface area contributed by atoms with Crippen LogP contribution in [-0.4, -0.2) is 16.5 Å². The lowest BCUT2D eigenvalue weighted by molar-refractivity contribution is 0.684. The minimum Gasteiger partial charge on any atom is -0.354 e. The van der Waals surface area contributed by atoms with E-state index < -0.39 is 0 Å². The third-order valence-electron chi connectivity index (χ3n) is 1.97. The molecule has 3 N–H and O–H groups in total. The number of nitrogens with two attached hydrogens (primary N) is 1. The number of rotatable bonds is 4. The molecule has 0 atom stereocenters. The molecule has 0 aliphatic carbocycles. The molecule has 0 aromatic carbocycles. The van der Waals surface area contributed by atoms with Crippen molar-refractivity contribution in [3.8, 4) is 0 Å². The van der Waals surface area contributed by atoms with Crippen LogP contribution in [0.3, 0.4) is 0 Å². The molecule has 0 unspecified atom stereocenters. The zero-order chi connectivity index (χ0) is 10.6. The van der Waals surface area contributed by atoms with Crippen molar-refractivity contribution in [1.82, 2.24) is 9.97 Å². The Kier molecular flexibility index (Phi) is 3.83. The lowest BCUT2D eigenvalue weighted by Crippen LogP contribution is -2.12. The third-order valence-corrected chi connectivity index (χ3v) is 1.97. The Labute approximate surface area is 85.0 Å². The van der Waals surface area contributed by atoms with Crippen molar-refractivity contribution in [2.45, 2.75) is 27.3 Å². The average Bonchev–Trinajstić information content (AvgIpc) is 2.15. The number of anilines is 1. The molecule has 4 nitrogen and oxygen atoms in total. The molecule has 0 amide bonds. The monoisotopic (exact) mass is 194 g/mol. The molecule has 0 spiro atoms. The van der Waals surface area contributed by atoms with E-state index in [0.29, 0.717) is 18.4 Å². The van der Waals surface area contributed by atoms with Gasteiger partial charge in [0, 0.05) is 30.5 Å². The second-order valence-electron chi connectivity index (χ2n) is 3.78. The van der Waals surface area contributed by atoms with E-state index in [1.54, 1.807) is 6.20 Å². The summed E-state index contributed by atoms with van der Waals surface area (Å²) in [5.74, 6) is 1.28. The van der Waals surface area contributed by atoms with Crippen molar-refractivity contribution in [2.75, 3.05) is 11.9 Å². The molecule has 78 valence electrons. The average molecular weight is 194 g/mol. The Morgan fingerprint density at radius 1 is 1.50 bits per heavy atom. The van der Waals surface area contributed by atoms with Crippen LogP contribution >= 0.6 is 0 Å². The zero-order valence-electron chi connectivity index (χ0n) is 9.04. The van der Waals surface area contributed by atoms with Gasteiger partial charge < -0.3 is 11.1 Å². The summed E-state index contributed by atoms with van der Waals surface area (Å²) in [7, 11) is 0. The van der Waals surface area contributed by atoms with Gasteiger partial charge in [-0.3, -0.25) is 0 Å².